The lowest BCUT2D eigenvalue weighted by Crippen LogP contribution is -2.20. The maximum atomic E-state index is 13.2. The van der Waals surface area contributed by atoms with Crippen LogP contribution in [0, 0.1) is 5.82 Å². The standard InChI is InChI=1S/C14H16FN3/c1-2-18(13-6-4-3-5-7-13)14-11(9-16)8-12(15)10-17-14/h3-8,10H,2,9,16H2,1H3. The number of hydrogen-bond donors (Lipinski definition) is 1. The Labute approximate surface area is 106 Å². The average molecular weight is 245 g/mol. The molecule has 0 aliphatic heterocycles. The Hall–Kier alpha value is -1.94. The molecule has 0 saturated heterocycles. The van der Waals surface area contributed by atoms with Crippen molar-refractivity contribution in [3.8, 4) is 0 Å². The summed E-state index contributed by atoms with van der Waals surface area (Å²) in [7, 11) is 0. The van der Waals surface area contributed by atoms with Crippen molar-refractivity contribution < 1.29 is 4.39 Å². The molecule has 0 bridgehead atoms. The smallest absolute Gasteiger partial charge is 0.141 e. The molecule has 3 nitrogen and oxygen atoms in total. The van der Waals surface area contributed by atoms with Gasteiger partial charge in [0.1, 0.15) is 11.6 Å². The fraction of sp³-hybridized carbons (Fsp3) is 0.214. The van der Waals surface area contributed by atoms with E-state index in [1.54, 1.807) is 0 Å². The van der Waals surface area contributed by atoms with Gasteiger partial charge in [0.2, 0.25) is 0 Å². The van der Waals surface area contributed by atoms with Crippen LogP contribution in [0.5, 0.6) is 0 Å². The third-order valence-electron chi connectivity index (χ3n) is 2.77. The van der Waals surface area contributed by atoms with Crippen molar-refractivity contribution in [1.82, 2.24) is 4.98 Å². The zero-order chi connectivity index (χ0) is 13.0. The third-order valence-corrected chi connectivity index (χ3v) is 2.77. The van der Waals surface area contributed by atoms with E-state index in [2.05, 4.69) is 4.98 Å². The van der Waals surface area contributed by atoms with Gasteiger partial charge in [-0.1, -0.05) is 18.2 Å². The molecule has 1 aromatic carbocycles. The van der Waals surface area contributed by atoms with Crippen LogP contribution in [0.3, 0.4) is 0 Å². The summed E-state index contributed by atoms with van der Waals surface area (Å²) in [6.45, 7) is 3.04. The number of nitrogens with two attached hydrogens (primary N) is 1. The van der Waals surface area contributed by atoms with Gasteiger partial charge in [-0.25, -0.2) is 9.37 Å². The molecule has 0 amide bonds. The molecule has 94 valence electrons. The van der Waals surface area contributed by atoms with Crippen LogP contribution in [0.4, 0.5) is 15.9 Å². The van der Waals surface area contributed by atoms with E-state index in [0.717, 1.165) is 12.2 Å². The summed E-state index contributed by atoms with van der Waals surface area (Å²) in [5.41, 5.74) is 7.39. The highest BCUT2D eigenvalue weighted by Gasteiger charge is 2.13. The largest absolute Gasteiger partial charge is 0.326 e. The Morgan fingerprint density at radius 1 is 1.28 bits per heavy atom. The highest BCUT2D eigenvalue weighted by molar-refractivity contribution is 5.62. The molecule has 0 atom stereocenters. The topological polar surface area (TPSA) is 42.2 Å². The highest BCUT2D eigenvalue weighted by atomic mass is 19.1. The van der Waals surface area contributed by atoms with E-state index < -0.39 is 0 Å². The Morgan fingerprint density at radius 3 is 2.61 bits per heavy atom. The zero-order valence-electron chi connectivity index (χ0n) is 10.3. The summed E-state index contributed by atoms with van der Waals surface area (Å²) in [4.78, 5) is 6.18. The summed E-state index contributed by atoms with van der Waals surface area (Å²) >= 11 is 0. The Kier molecular flexibility index (Phi) is 3.89. The van der Waals surface area contributed by atoms with Crippen LogP contribution in [-0.2, 0) is 6.54 Å². The van der Waals surface area contributed by atoms with Crippen LogP contribution in [0.25, 0.3) is 0 Å². The van der Waals surface area contributed by atoms with Crippen molar-refractivity contribution in [2.75, 3.05) is 11.4 Å². The molecule has 0 radical (unpaired) electrons. The summed E-state index contributed by atoms with van der Waals surface area (Å²) in [5, 5.41) is 0. The van der Waals surface area contributed by atoms with Gasteiger partial charge in [0.25, 0.3) is 0 Å². The summed E-state index contributed by atoms with van der Waals surface area (Å²) in [5.74, 6) is 0.357. The number of anilines is 2. The molecule has 0 saturated carbocycles. The van der Waals surface area contributed by atoms with Crippen LogP contribution >= 0.6 is 0 Å². The summed E-state index contributed by atoms with van der Waals surface area (Å²) in [6.07, 6.45) is 1.22. The first-order valence-electron chi connectivity index (χ1n) is 5.93. The lowest BCUT2D eigenvalue weighted by Gasteiger charge is -2.24. The number of hydrogen-bond acceptors (Lipinski definition) is 3. The fourth-order valence-electron chi connectivity index (χ4n) is 1.93. The van der Waals surface area contributed by atoms with Crippen LogP contribution < -0.4 is 10.6 Å². The van der Waals surface area contributed by atoms with Crippen molar-refractivity contribution in [2.45, 2.75) is 13.5 Å². The first kappa shape index (κ1) is 12.5. The van der Waals surface area contributed by atoms with E-state index >= 15 is 0 Å². The predicted octanol–water partition coefficient (Wildman–Crippen LogP) is 2.84. The van der Waals surface area contributed by atoms with Crippen molar-refractivity contribution in [3.63, 3.8) is 0 Å². The molecule has 0 aliphatic carbocycles. The van der Waals surface area contributed by atoms with Crippen LogP contribution in [0.2, 0.25) is 0 Å². The second kappa shape index (κ2) is 5.60. The molecular formula is C14H16FN3. The Bertz CT molecular complexity index is 514. The fourth-order valence-corrected chi connectivity index (χ4v) is 1.93. The molecule has 0 aliphatic rings. The number of rotatable bonds is 4. The van der Waals surface area contributed by atoms with Crippen LogP contribution in [-0.4, -0.2) is 11.5 Å². The molecule has 18 heavy (non-hydrogen) atoms. The number of pyridine rings is 1. The first-order chi connectivity index (χ1) is 8.76. The average Bonchev–Trinajstić information content (AvgIpc) is 2.42. The minimum atomic E-state index is -0.358. The zero-order valence-corrected chi connectivity index (χ0v) is 10.3. The molecule has 2 aromatic rings. The predicted molar refractivity (Wildman–Crippen MR) is 71.2 cm³/mol. The van der Waals surface area contributed by atoms with E-state index in [1.807, 2.05) is 42.2 Å². The van der Waals surface area contributed by atoms with E-state index in [0.29, 0.717) is 11.4 Å². The number of benzene rings is 1. The van der Waals surface area contributed by atoms with Gasteiger partial charge in [0, 0.05) is 24.3 Å². The first-order valence-corrected chi connectivity index (χ1v) is 5.93. The molecule has 2 N–H and O–H groups in total. The van der Waals surface area contributed by atoms with Crippen molar-refractivity contribution in [1.29, 1.82) is 0 Å². The molecule has 1 aromatic heterocycles. The minimum Gasteiger partial charge on any atom is -0.326 e. The van der Waals surface area contributed by atoms with Gasteiger partial charge in [0.05, 0.1) is 6.20 Å². The highest BCUT2D eigenvalue weighted by Crippen LogP contribution is 2.26. The van der Waals surface area contributed by atoms with Crippen molar-refractivity contribution >= 4 is 11.5 Å². The lowest BCUT2D eigenvalue weighted by molar-refractivity contribution is 0.618. The van der Waals surface area contributed by atoms with Gasteiger partial charge in [-0.05, 0) is 25.1 Å². The molecular weight excluding hydrogens is 229 g/mol. The molecule has 1 heterocycles. The second-order valence-corrected chi connectivity index (χ2v) is 3.92. The lowest BCUT2D eigenvalue weighted by atomic mass is 10.2. The number of halogens is 1. The van der Waals surface area contributed by atoms with Gasteiger partial charge in [-0.15, -0.1) is 0 Å². The molecule has 0 unspecified atom stereocenters. The van der Waals surface area contributed by atoms with E-state index in [9.17, 15) is 4.39 Å². The van der Waals surface area contributed by atoms with E-state index in [-0.39, 0.29) is 12.4 Å². The Balaban J connectivity index is 2.45. The summed E-state index contributed by atoms with van der Waals surface area (Å²) < 4.78 is 13.2. The third kappa shape index (κ3) is 2.49. The molecule has 0 fully saturated rings. The normalized spacial score (nSPS) is 10.4. The molecule has 2 rings (SSSR count). The summed E-state index contributed by atoms with van der Waals surface area (Å²) in [6, 6.07) is 11.3. The van der Waals surface area contributed by atoms with Gasteiger partial charge in [-0.3, -0.25) is 0 Å². The molecule has 4 heteroatoms. The number of aromatic nitrogens is 1. The van der Waals surface area contributed by atoms with Crippen molar-refractivity contribution in [2.24, 2.45) is 5.73 Å². The number of para-hydroxylation sites is 1. The monoisotopic (exact) mass is 245 g/mol. The van der Waals surface area contributed by atoms with Crippen LogP contribution in [0.15, 0.2) is 42.6 Å². The quantitative estimate of drug-likeness (QED) is 0.900. The van der Waals surface area contributed by atoms with Gasteiger partial charge in [0.15, 0.2) is 0 Å². The van der Waals surface area contributed by atoms with Gasteiger partial charge < -0.3 is 10.6 Å². The van der Waals surface area contributed by atoms with Gasteiger partial charge in [-0.2, -0.15) is 0 Å². The van der Waals surface area contributed by atoms with E-state index in [4.69, 9.17) is 5.73 Å². The second-order valence-electron chi connectivity index (χ2n) is 3.92. The van der Waals surface area contributed by atoms with Gasteiger partial charge >= 0.3 is 0 Å². The SMILES string of the molecule is CCN(c1ccccc1)c1ncc(F)cc1CN. The maximum absolute atomic E-state index is 13.2. The van der Waals surface area contributed by atoms with E-state index in [1.165, 1.54) is 12.3 Å². The minimum absolute atomic E-state index is 0.267. The number of nitrogens with zero attached hydrogens (tertiary/aromatic N) is 2. The van der Waals surface area contributed by atoms with Crippen LogP contribution in [0.1, 0.15) is 12.5 Å². The Morgan fingerprint density at radius 2 is 2.00 bits per heavy atom. The van der Waals surface area contributed by atoms with Crippen molar-refractivity contribution in [3.05, 3.63) is 54.0 Å². The maximum Gasteiger partial charge on any atom is 0.141 e. The molecule has 0 spiro atoms.